The number of hydrogen-bond acceptors (Lipinski definition) is 3. The summed E-state index contributed by atoms with van der Waals surface area (Å²) < 4.78 is 1.82. The van der Waals surface area contributed by atoms with Crippen molar-refractivity contribution in [3.8, 4) is 0 Å². The van der Waals surface area contributed by atoms with E-state index in [0.717, 1.165) is 0 Å². The van der Waals surface area contributed by atoms with Crippen LogP contribution >= 0.6 is 0 Å². The number of amides is 2. The standard InChI is InChI=1S/C14H25N5O/c1-18(9-10-19-8-4-7-16-19)14(20)17-13(11-15)12-5-2-3-6-12/h4,7-8,12-13H,2-3,5-6,9-11,15H2,1H3,(H,17,20). The molecule has 3 N–H and O–H groups in total. The first-order valence-corrected chi connectivity index (χ1v) is 7.40. The lowest BCUT2D eigenvalue weighted by Gasteiger charge is -2.26. The molecule has 0 radical (unpaired) electrons. The fourth-order valence-electron chi connectivity index (χ4n) is 2.78. The maximum Gasteiger partial charge on any atom is 0.317 e. The number of likely N-dealkylation sites (N-methyl/N-ethyl adjacent to an activating group) is 1. The molecule has 20 heavy (non-hydrogen) atoms. The van der Waals surface area contributed by atoms with Gasteiger partial charge in [0.2, 0.25) is 0 Å². The molecular weight excluding hydrogens is 254 g/mol. The van der Waals surface area contributed by atoms with E-state index in [1.165, 1.54) is 25.7 Å². The van der Waals surface area contributed by atoms with Gasteiger partial charge in [0.1, 0.15) is 0 Å². The van der Waals surface area contributed by atoms with Crippen LogP contribution in [0.15, 0.2) is 18.5 Å². The molecular formula is C14H25N5O. The van der Waals surface area contributed by atoms with Gasteiger partial charge in [0.25, 0.3) is 0 Å². The van der Waals surface area contributed by atoms with Crippen LogP contribution in [0.25, 0.3) is 0 Å². The van der Waals surface area contributed by atoms with Crippen LogP contribution in [-0.2, 0) is 6.54 Å². The van der Waals surface area contributed by atoms with Gasteiger partial charge in [0.05, 0.1) is 6.54 Å². The highest BCUT2D eigenvalue weighted by Crippen LogP contribution is 2.27. The molecule has 0 spiro atoms. The first kappa shape index (κ1) is 14.8. The van der Waals surface area contributed by atoms with Crippen LogP contribution in [0.1, 0.15) is 25.7 Å². The van der Waals surface area contributed by atoms with E-state index in [2.05, 4.69) is 10.4 Å². The number of nitrogens with one attached hydrogen (secondary N) is 1. The Balaban J connectivity index is 1.77. The van der Waals surface area contributed by atoms with Crippen molar-refractivity contribution in [2.24, 2.45) is 11.7 Å². The largest absolute Gasteiger partial charge is 0.334 e. The third-order valence-electron chi connectivity index (χ3n) is 4.10. The number of aromatic nitrogens is 2. The van der Waals surface area contributed by atoms with E-state index in [1.54, 1.807) is 18.1 Å². The molecule has 112 valence electrons. The monoisotopic (exact) mass is 279 g/mol. The van der Waals surface area contributed by atoms with Crippen LogP contribution in [0.4, 0.5) is 4.79 Å². The van der Waals surface area contributed by atoms with Crippen LogP contribution in [-0.4, -0.2) is 46.9 Å². The number of nitrogens with two attached hydrogens (primary N) is 1. The SMILES string of the molecule is CN(CCn1cccn1)C(=O)NC(CN)C1CCCC1. The molecule has 1 heterocycles. The highest BCUT2D eigenvalue weighted by Gasteiger charge is 2.26. The molecule has 1 fully saturated rings. The Hall–Kier alpha value is -1.56. The Morgan fingerprint density at radius 2 is 2.30 bits per heavy atom. The van der Waals surface area contributed by atoms with Gasteiger partial charge in [0, 0.05) is 38.6 Å². The molecule has 0 bridgehead atoms. The average Bonchev–Trinajstić information content (AvgIpc) is 3.14. The summed E-state index contributed by atoms with van der Waals surface area (Å²) in [5.41, 5.74) is 5.80. The molecule has 2 amide bonds. The summed E-state index contributed by atoms with van der Waals surface area (Å²) in [6.45, 7) is 1.85. The minimum absolute atomic E-state index is 0.0421. The van der Waals surface area contributed by atoms with Gasteiger partial charge < -0.3 is 16.0 Å². The van der Waals surface area contributed by atoms with Crippen molar-refractivity contribution in [1.82, 2.24) is 20.0 Å². The van der Waals surface area contributed by atoms with Crippen LogP contribution in [0, 0.1) is 5.92 Å². The minimum atomic E-state index is -0.0421. The number of urea groups is 1. The van der Waals surface area contributed by atoms with E-state index >= 15 is 0 Å². The Labute approximate surface area is 120 Å². The second kappa shape index (κ2) is 7.28. The number of rotatable bonds is 6. The third-order valence-corrected chi connectivity index (χ3v) is 4.10. The van der Waals surface area contributed by atoms with E-state index in [9.17, 15) is 4.79 Å². The quantitative estimate of drug-likeness (QED) is 0.817. The number of carbonyl (C=O) groups excluding carboxylic acids is 1. The molecule has 1 aliphatic carbocycles. The normalized spacial score (nSPS) is 17.1. The summed E-state index contributed by atoms with van der Waals surface area (Å²) >= 11 is 0. The second-order valence-corrected chi connectivity index (χ2v) is 5.53. The average molecular weight is 279 g/mol. The van der Waals surface area contributed by atoms with Gasteiger partial charge in [-0.1, -0.05) is 12.8 Å². The lowest BCUT2D eigenvalue weighted by Crippen LogP contribution is -2.49. The van der Waals surface area contributed by atoms with Crippen molar-refractivity contribution in [3.05, 3.63) is 18.5 Å². The van der Waals surface area contributed by atoms with E-state index in [-0.39, 0.29) is 12.1 Å². The molecule has 1 aromatic heterocycles. The van der Waals surface area contributed by atoms with Crippen LogP contribution in [0.5, 0.6) is 0 Å². The Bertz CT molecular complexity index is 400. The fourth-order valence-corrected chi connectivity index (χ4v) is 2.78. The molecule has 2 rings (SSSR count). The molecule has 0 saturated heterocycles. The molecule has 1 aromatic rings. The molecule has 1 atom stereocenters. The van der Waals surface area contributed by atoms with Gasteiger partial charge in [0.15, 0.2) is 0 Å². The lowest BCUT2D eigenvalue weighted by molar-refractivity contribution is 0.197. The van der Waals surface area contributed by atoms with Crippen LogP contribution in [0.2, 0.25) is 0 Å². The number of carbonyl (C=O) groups is 1. The van der Waals surface area contributed by atoms with Crippen molar-refractivity contribution in [2.45, 2.75) is 38.3 Å². The van der Waals surface area contributed by atoms with Gasteiger partial charge in [-0.15, -0.1) is 0 Å². The molecule has 1 unspecified atom stereocenters. The van der Waals surface area contributed by atoms with Crippen molar-refractivity contribution >= 4 is 6.03 Å². The topological polar surface area (TPSA) is 76.2 Å². The number of nitrogens with zero attached hydrogens (tertiary/aromatic N) is 3. The molecule has 6 heteroatoms. The second-order valence-electron chi connectivity index (χ2n) is 5.53. The Morgan fingerprint density at radius 1 is 1.55 bits per heavy atom. The molecule has 1 aliphatic rings. The minimum Gasteiger partial charge on any atom is -0.334 e. The van der Waals surface area contributed by atoms with Gasteiger partial charge in [-0.2, -0.15) is 5.10 Å². The smallest absolute Gasteiger partial charge is 0.317 e. The maximum absolute atomic E-state index is 12.2. The van der Waals surface area contributed by atoms with Gasteiger partial charge >= 0.3 is 6.03 Å². The zero-order chi connectivity index (χ0) is 14.4. The van der Waals surface area contributed by atoms with E-state index < -0.39 is 0 Å². The van der Waals surface area contributed by atoms with Crippen LogP contribution < -0.4 is 11.1 Å². The summed E-state index contributed by atoms with van der Waals surface area (Å²) in [6.07, 6.45) is 8.51. The van der Waals surface area contributed by atoms with Gasteiger partial charge in [-0.25, -0.2) is 4.79 Å². The first-order valence-electron chi connectivity index (χ1n) is 7.40. The van der Waals surface area contributed by atoms with Gasteiger partial charge in [-0.05, 0) is 24.8 Å². The first-order chi connectivity index (χ1) is 9.70. The third kappa shape index (κ3) is 3.96. The highest BCUT2D eigenvalue weighted by molar-refractivity contribution is 5.74. The zero-order valence-electron chi connectivity index (χ0n) is 12.2. The predicted octanol–water partition coefficient (Wildman–Crippen LogP) is 1.04. The van der Waals surface area contributed by atoms with Crippen molar-refractivity contribution in [3.63, 3.8) is 0 Å². The highest BCUT2D eigenvalue weighted by atomic mass is 16.2. The summed E-state index contributed by atoms with van der Waals surface area (Å²) in [5.74, 6) is 0.545. The van der Waals surface area contributed by atoms with Gasteiger partial charge in [-0.3, -0.25) is 4.68 Å². The molecule has 0 aliphatic heterocycles. The molecule has 6 nitrogen and oxygen atoms in total. The maximum atomic E-state index is 12.2. The molecule has 1 saturated carbocycles. The van der Waals surface area contributed by atoms with E-state index in [4.69, 9.17) is 5.73 Å². The number of hydrogen-bond donors (Lipinski definition) is 2. The van der Waals surface area contributed by atoms with E-state index in [1.807, 2.05) is 16.9 Å². The Kier molecular flexibility index (Phi) is 5.40. The van der Waals surface area contributed by atoms with Crippen LogP contribution in [0.3, 0.4) is 0 Å². The van der Waals surface area contributed by atoms with E-state index in [0.29, 0.717) is 25.6 Å². The zero-order valence-corrected chi connectivity index (χ0v) is 12.2. The molecule has 0 aromatic carbocycles. The van der Waals surface area contributed by atoms with Crippen molar-refractivity contribution < 1.29 is 4.79 Å². The summed E-state index contributed by atoms with van der Waals surface area (Å²) in [4.78, 5) is 13.9. The predicted molar refractivity (Wildman–Crippen MR) is 78.2 cm³/mol. The summed E-state index contributed by atoms with van der Waals surface area (Å²) in [6, 6.07) is 1.95. The fraction of sp³-hybridized carbons (Fsp3) is 0.714. The summed E-state index contributed by atoms with van der Waals surface area (Å²) in [7, 11) is 1.81. The van der Waals surface area contributed by atoms with Crippen molar-refractivity contribution in [1.29, 1.82) is 0 Å². The summed E-state index contributed by atoms with van der Waals surface area (Å²) in [5, 5.41) is 7.20. The van der Waals surface area contributed by atoms with Crippen molar-refractivity contribution in [2.75, 3.05) is 20.1 Å². The lowest BCUT2D eigenvalue weighted by atomic mass is 9.98. The Morgan fingerprint density at radius 3 is 2.90 bits per heavy atom.